The minimum atomic E-state index is 0.0985. The van der Waals surface area contributed by atoms with E-state index in [1.165, 1.54) is 5.56 Å². The lowest BCUT2D eigenvalue weighted by Crippen LogP contribution is -2.30. The van der Waals surface area contributed by atoms with Crippen LogP contribution >= 0.6 is 0 Å². The number of hydrogen-bond donors (Lipinski definition) is 1. The van der Waals surface area contributed by atoms with Crippen molar-refractivity contribution in [2.45, 2.75) is 33.6 Å². The maximum atomic E-state index is 11.9. The van der Waals surface area contributed by atoms with Crippen LogP contribution in [0, 0.1) is 20.8 Å². The molecule has 0 bridgehead atoms. The Labute approximate surface area is 121 Å². The van der Waals surface area contributed by atoms with Gasteiger partial charge in [-0.3, -0.25) is 4.79 Å². The average molecular weight is 278 g/mol. The van der Waals surface area contributed by atoms with Crippen LogP contribution in [0.3, 0.4) is 0 Å². The largest absolute Gasteiger partial charge is 0.492 e. The summed E-state index contributed by atoms with van der Waals surface area (Å²) in [5, 5.41) is 0. The third kappa shape index (κ3) is 4.53. The summed E-state index contributed by atoms with van der Waals surface area (Å²) in [6, 6.07) is 4.14. The molecule has 0 atom stereocenters. The van der Waals surface area contributed by atoms with E-state index in [9.17, 15) is 4.79 Å². The van der Waals surface area contributed by atoms with E-state index in [-0.39, 0.29) is 5.91 Å². The number of carbonyl (C=O) groups excluding carboxylic acids is 1. The number of rotatable bonds is 7. The molecule has 0 saturated carbocycles. The van der Waals surface area contributed by atoms with Gasteiger partial charge in [0.05, 0.1) is 13.0 Å². The standard InChI is InChI=1S/C16H26N2O2/c1-12-6-7-13(2)16(14(12)3)20-11-8-15(19)18(4)10-5-9-17/h6-7H,5,8-11,17H2,1-4H3. The molecule has 1 amide bonds. The molecule has 1 aromatic carbocycles. The summed E-state index contributed by atoms with van der Waals surface area (Å²) < 4.78 is 5.80. The van der Waals surface area contributed by atoms with Gasteiger partial charge in [0.1, 0.15) is 5.75 Å². The van der Waals surface area contributed by atoms with Crippen molar-refractivity contribution in [3.05, 3.63) is 28.8 Å². The molecule has 4 nitrogen and oxygen atoms in total. The zero-order valence-corrected chi connectivity index (χ0v) is 13.0. The van der Waals surface area contributed by atoms with Crippen LogP contribution < -0.4 is 10.5 Å². The summed E-state index contributed by atoms with van der Waals surface area (Å²) >= 11 is 0. The molecule has 0 radical (unpaired) electrons. The second-order valence-electron chi connectivity index (χ2n) is 5.21. The molecule has 0 aliphatic heterocycles. The normalized spacial score (nSPS) is 10.4. The van der Waals surface area contributed by atoms with Gasteiger partial charge in [-0.15, -0.1) is 0 Å². The lowest BCUT2D eigenvalue weighted by atomic mass is 10.1. The van der Waals surface area contributed by atoms with Crippen LogP contribution in [-0.2, 0) is 4.79 Å². The van der Waals surface area contributed by atoms with E-state index in [4.69, 9.17) is 10.5 Å². The predicted molar refractivity (Wildman–Crippen MR) is 82.1 cm³/mol. The Morgan fingerprint density at radius 2 is 1.90 bits per heavy atom. The van der Waals surface area contributed by atoms with Gasteiger partial charge in [-0.2, -0.15) is 0 Å². The Kier molecular flexibility index (Phi) is 6.52. The van der Waals surface area contributed by atoms with Gasteiger partial charge in [-0.25, -0.2) is 0 Å². The maximum absolute atomic E-state index is 11.9. The first-order valence-electron chi connectivity index (χ1n) is 7.11. The fraction of sp³-hybridized carbons (Fsp3) is 0.562. The monoisotopic (exact) mass is 278 g/mol. The number of nitrogens with two attached hydrogens (primary N) is 1. The van der Waals surface area contributed by atoms with Crippen molar-refractivity contribution >= 4 is 5.91 Å². The van der Waals surface area contributed by atoms with E-state index < -0.39 is 0 Å². The highest BCUT2D eigenvalue weighted by atomic mass is 16.5. The first-order valence-corrected chi connectivity index (χ1v) is 7.11. The van der Waals surface area contributed by atoms with Crippen LogP contribution in [0.2, 0.25) is 0 Å². The first-order chi connectivity index (χ1) is 9.47. The summed E-state index contributed by atoms with van der Waals surface area (Å²) in [6.07, 6.45) is 1.23. The van der Waals surface area contributed by atoms with E-state index in [0.29, 0.717) is 26.1 Å². The topological polar surface area (TPSA) is 55.6 Å². The molecule has 0 aliphatic rings. The molecule has 112 valence electrons. The van der Waals surface area contributed by atoms with E-state index in [0.717, 1.165) is 23.3 Å². The van der Waals surface area contributed by atoms with Crippen molar-refractivity contribution in [2.24, 2.45) is 5.73 Å². The highest BCUT2D eigenvalue weighted by Gasteiger charge is 2.10. The number of ether oxygens (including phenoxy) is 1. The Hall–Kier alpha value is -1.55. The lowest BCUT2D eigenvalue weighted by molar-refractivity contribution is -0.130. The molecular weight excluding hydrogens is 252 g/mol. The molecule has 0 fully saturated rings. The zero-order valence-electron chi connectivity index (χ0n) is 13.0. The number of nitrogens with zero attached hydrogens (tertiary/aromatic N) is 1. The SMILES string of the molecule is Cc1ccc(C)c(OCCC(=O)N(C)CCCN)c1C. The van der Waals surface area contributed by atoms with Crippen molar-refractivity contribution < 1.29 is 9.53 Å². The summed E-state index contributed by atoms with van der Waals surface area (Å²) in [7, 11) is 1.81. The molecule has 4 heteroatoms. The molecule has 20 heavy (non-hydrogen) atoms. The van der Waals surface area contributed by atoms with Gasteiger partial charge >= 0.3 is 0 Å². The van der Waals surface area contributed by atoms with Gasteiger partial charge in [0.15, 0.2) is 0 Å². The Morgan fingerprint density at radius 1 is 1.25 bits per heavy atom. The van der Waals surface area contributed by atoms with Crippen molar-refractivity contribution in [3.63, 3.8) is 0 Å². The molecule has 1 aromatic rings. The smallest absolute Gasteiger partial charge is 0.225 e. The Bertz CT molecular complexity index is 458. The van der Waals surface area contributed by atoms with E-state index >= 15 is 0 Å². The molecule has 0 saturated heterocycles. The van der Waals surface area contributed by atoms with Crippen LogP contribution in [0.4, 0.5) is 0 Å². The second-order valence-corrected chi connectivity index (χ2v) is 5.21. The third-order valence-corrected chi connectivity index (χ3v) is 3.56. The number of aryl methyl sites for hydroxylation is 2. The van der Waals surface area contributed by atoms with Gasteiger partial charge < -0.3 is 15.4 Å². The number of hydrogen-bond acceptors (Lipinski definition) is 3. The highest BCUT2D eigenvalue weighted by molar-refractivity contribution is 5.75. The van der Waals surface area contributed by atoms with Gasteiger partial charge in [0.25, 0.3) is 0 Å². The molecule has 0 unspecified atom stereocenters. The first kappa shape index (κ1) is 16.5. The van der Waals surface area contributed by atoms with Crippen LogP contribution in [0.15, 0.2) is 12.1 Å². The molecule has 1 rings (SSSR count). The number of amides is 1. The van der Waals surface area contributed by atoms with Gasteiger partial charge in [-0.1, -0.05) is 12.1 Å². The number of carbonyl (C=O) groups is 1. The molecule has 0 spiro atoms. The minimum absolute atomic E-state index is 0.0985. The van der Waals surface area contributed by atoms with E-state index in [1.54, 1.807) is 11.9 Å². The second kappa shape index (κ2) is 7.90. The molecule has 0 aliphatic carbocycles. The average Bonchev–Trinajstić information content (AvgIpc) is 2.43. The maximum Gasteiger partial charge on any atom is 0.225 e. The van der Waals surface area contributed by atoms with Crippen LogP contribution in [-0.4, -0.2) is 37.6 Å². The molecule has 0 heterocycles. The van der Waals surface area contributed by atoms with Crippen molar-refractivity contribution in [1.29, 1.82) is 0 Å². The quantitative estimate of drug-likeness (QED) is 0.832. The molecular formula is C16H26N2O2. The van der Waals surface area contributed by atoms with Crippen LogP contribution in [0.1, 0.15) is 29.5 Å². The van der Waals surface area contributed by atoms with Crippen LogP contribution in [0.25, 0.3) is 0 Å². The summed E-state index contributed by atoms with van der Waals surface area (Å²) in [4.78, 5) is 13.6. The van der Waals surface area contributed by atoms with Crippen molar-refractivity contribution in [3.8, 4) is 5.75 Å². The van der Waals surface area contributed by atoms with Gasteiger partial charge in [0, 0.05) is 13.6 Å². The van der Waals surface area contributed by atoms with Gasteiger partial charge in [-0.05, 0) is 50.4 Å². The minimum Gasteiger partial charge on any atom is -0.492 e. The van der Waals surface area contributed by atoms with Crippen molar-refractivity contribution in [1.82, 2.24) is 4.90 Å². The van der Waals surface area contributed by atoms with Gasteiger partial charge in [0.2, 0.25) is 5.91 Å². The lowest BCUT2D eigenvalue weighted by Gasteiger charge is -2.18. The fourth-order valence-corrected chi connectivity index (χ4v) is 2.03. The van der Waals surface area contributed by atoms with E-state index in [2.05, 4.69) is 13.0 Å². The van der Waals surface area contributed by atoms with Crippen molar-refractivity contribution in [2.75, 3.05) is 26.7 Å². The summed E-state index contributed by atoms with van der Waals surface area (Å²) in [5.41, 5.74) is 8.90. The molecule has 2 N–H and O–H groups in total. The zero-order chi connectivity index (χ0) is 15.1. The highest BCUT2D eigenvalue weighted by Crippen LogP contribution is 2.25. The Morgan fingerprint density at radius 3 is 2.55 bits per heavy atom. The Balaban J connectivity index is 2.49. The van der Waals surface area contributed by atoms with E-state index in [1.807, 2.05) is 19.9 Å². The number of benzene rings is 1. The summed E-state index contributed by atoms with van der Waals surface area (Å²) in [6.45, 7) is 7.86. The van der Waals surface area contributed by atoms with Crippen LogP contribution in [0.5, 0.6) is 5.75 Å². The fourth-order valence-electron chi connectivity index (χ4n) is 2.03. The summed E-state index contributed by atoms with van der Waals surface area (Å²) in [5.74, 6) is 1.00. The third-order valence-electron chi connectivity index (χ3n) is 3.56. The predicted octanol–water partition coefficient (Wildman–Crippen LogP) is 2.19. The molecule has 0 aromatic heterocycles.